The molecule has 0 spiro atoms. The van der Waals surface area contributed by atoms with Gasteiger partial charge >= 0.3 is 0 Å². The zero-order valence-electron chi connectivity index (χ0n) is 9.71. The quantitative estimate of drug-likeness (QED) is 0.812. The smallest absolute Gasteiger partial charge is 0.256 e. The van der Waals surface area contributed by atoms with E-state index in [1.807, 2.05) is 43.3 Å². The molecule has 0 atom stereocenters. The maximum Gasteiger partial charge on any atom is 0.256 e. The van der Waals surface area contributed by atoms with Crippen LogP contribution in [0.1, 0.15) is 15.9 Å². The summed E-state index contributed by atoms with van der Waals surface area (Å²) in [5.41, 5.74) is 2.43. The molecule has 0 bridgehead atoms. The first-order valence-electron chi connectivity index (χ1n) is 5.40. The molecule has 2 aromatic carbocycles. The monoisotopic (exact) mass is 367 g/mol. The molecule has 0 aliphatic rings. The molecule has 0 aromatic heterocycles. The number of aryl methyl sites for hydroxylation is 1. The highest BCUT2D eigenvalue weighted by Gasteiger charge is 2.12. The van der Waals surface area contributed by atoms with Crippen molar-refractivity contribution in [3.63, 3.8) is 0 Å². The molecule has 0 fully saturated rings. The van der Waals surface area contributed by atoms with E-state index in [2.05, 4.69) is 37.2 Å². The van der Waals surface area contributed by atoms with E-state index in [0.29, 0.717) is 5.56 Å². The molecule has 1 N–H and O–H groups in total. The molecule has 0 aliphatic heterocycles. The summed E-state index contributed by atoms with van der Waals surface area (Å²) in [5.74, 6) is -0.127. The summed E-state index contributed by atoms with van der Waals surface area (Å²) in [6.45, 7) is 1.96. The lowest BCUT2D eigenvalue weighted by Gasteiger charge is -2.09. The number of halogens is 2. The van der Waals surface area contributed by atoms with Crippen LogP contribution in [0.25, 0.3) is 0 Å². The fraction of sp³-hybridized carbons (Fsp3) is 0.0714. The number of amides is 1. The fourth-order valence-corrected chi connectivity index (χ4v) is 2.40. The summed E-state index contributed by atoms with van der Waals surface area (Å²) in [4.78, 5) is 12.2. The van der Waals surface area contributed by atoms with Gasteiger partial charge in [-0.25, -0.2) is 0 Å². The molecule has 92 valence electrons. The molecular formula is C14H11Br2NO. The van der Waals surface area contributed by atoms with Crippen LogP contribution in [-0.2, 0) is 0 Å². The molecule has 0 saturated heterocycles. The molecule has 0 saturated carbocycles. The lowest BCUT2D eigenvalue weighted by atomic mass is 10.1. The van der Waals surface area contributed by atoms with E-state index in [-0.39, 0.29) is 5.91 Å². The maximum absolute atomic E-state index is 12.2. The molecule has 2 nitrogen and oxygen atoms in total. The SMILES string of the molecule is Cc1cccc(C(=O)Nc2ccccc2Br)c1Br. The Morgan fingerprint density at radius 3 is 2.50 bits per heavy atom. The predicted molar refractivity (Wildman–Crippen MR) is 81.0 cm³/mol. The van der Waals surface area contributed by atoms with Crippen LogP contribution in [0.4, 0.5) is 5.69 Å². The Hall–Kier alpha value is -1.13. The van der Waals surface area contributed by atoms with E-state index in [1.54, 1.807) is 6.07 Å². The molecule has 2 aromatic rings. The molecule has 18 heavy (non-hydrogen) atoms. The number of hydrogen-bond donors (Lipinski definition) is 1. The Morgan fingerprint density at radius 1 is 1.06 bits per heavy atom. The number of anilines is 1. The minimum Gasteiger partial charge on any atom is -0.321 e. The van der Waals surface area contributed by atoms with Gasteiger partial charge in [-0.15, -0.1) is 0 Å². The molecule has 2 rings (SSSR count). The minimum atomic E-state index is -0.127. The fourth-order valence-electron chi connectivity index (χ4n) is 1.58. The summed E-state index contributed by atoms with van der Waals surface area (Å²) in [6.07, 6.45) is 0. The van der Waals surface area contributed by atoms with Gasteiger partial charge in [0.1, 0.15) is 0 Å². The van der Waals surface area contributed by atoms with Crippen LogP contribution in [0.2, 0.25) is 0 Å². The third kappa shape index (κ3) is 2.82. The molecule has 4 heteroatoms. The minimum absolute atomic E-state index is 0.127. The first-order valence-corrected chi connectivity index (χ1v) is 6.99. The van der Waals surface area contributed by atoms with Crippen LogP contribution in [0.5, 0.6) is 0 Å². The largest absolute Gasteiger partial charge is 0.321 e. The number of rotatable bonds is 2. The second kappa shape index (κ2) is 5.67. The summed E-state index contributed by atoms with van der Waals surface area (Å²) in [7, 11) is 0. The highest BCUT2D eigenvalue weighted by atomic mass is 79.9. The molecule has 0 heterocycles. The average molecular weight is 369 g/mol. The molecule has 0 unspecified atom stereocenters. The summed E-state index contributed by atoms with van der Waals surface area (Å²) < 4.78 is 1.69. The van der Waals surface area contributed by atoms with E-state index >= 15 is 0 Å². The van der Waals surface area contributed by atoms with Crippen LogP contribution >= 0.6 is 31.9 Å². The molecule has 0 aliphatic carbocycles. The summed E-state index contributed by atoms with van der Waals surface area (Å²) >= 11 is 6.84. The van der Waals surface area contributed by atoms with Crippen molar-refractivity contribution in [1.82, 2.24) is 0 Å². The Bertz CT molecular complexity index is 596. The van der Waals surface area contributed by atoms with Crippen LogP contribution < -0.4 is 5.32 Å². The van der Waals surface area contributed by atoms with E-state index in [9.17, 15) is 4.79 Å². The van der Waals surface area contributed by atoms with Gasteiger partial charge in [-0.2, -0.15) is 0 Å². The zero-order chi connectivity index (χ0) is 13.1. The van der Waals surface area contributed by atoms with Gasteiger partial charge in [-0.3, -0.25) is 4.79 Å². The van der Waals surface area contributed by atoms with E-state index in [4.69, 9.17) is 0 Å². The van der Waals surface area contributed by atoms with E-state index in [1.165, 1.54) is 0 Å². The van der Waals surface area contributed by atoms with Crippen molar-refractivity contribution in [3.8, 4) is 0 Å². The van der Waals surface area contributed by atoms with Crippen molar-refractivity contribution >= 4 is 43.5 Å². The summed E-state index contributed by atoms with van der Waals surface area (Å²) in [5, 5.41) is 2.88. The van der Waals surface area contributed by atoms with E-state index in [0.717, 1.165) is 20.2 Å². The number of para-hydroxylation sites is 1. The van der Waals surface area contributed by atoms with Crippen LogP contribution in [0.15, 0.2) is 51.4 Å². The van der Waals surface area contributed by atoms with Gasteiger partial charge in [0.2, 0.25) is 0 Å². The Balaban J connectivity index is 2.28. The Kier molecular flexibility index (Phi) is 4.19. The summed E-state index contributed by atoms with van der Waals surface area (Å²) in [6, 6.07) is 13.2. The van der Waals surface area contributed by atoms with Crippen molar-refractivity contribution in [1.29, 1.82) is 0 Å². The van der Waals surface area contributed by atoms with Crippen LogP contribution in [0, 0.1) is 6.92 Å². The van der Waals surface area contributed by atoms with Gasteiger partial charge in [0.25, 0.3) is 5.91 Å². The zero-order valence-corrected chi connectivity index (χ0v) is 12.9. The third-order valence-corrected chi connectivity index (χ3v) is 4.30. The van der Waals surface area contributed by atoms with Gasteiger partial charge in [0.15, 0.2) is 0 Å². The van der Waals surface area contributed by atoms with Gasteiger partial charge in [0, 0.05) is 8.95 Å². The van der Waals surface area contributed by atoms with Crippen molar-refractivity contribution < 1.29 is 4.79 Å². The first kappa shape index (κ1) is 13.3. The molecule has 0 radical (unpaired) electrons. The third-order valence-electron chi connectivity index (χ3n) is 2.56. The first-order chi connectivity index (χ1) is 8.59. The van der Waals surface area contributed by atoms with Crippen molar-refractivity contribution in [2.75, 3.05) is 5.32 Å². The number of nitrogens with one attached hydrogen (secondary N) is 1. The second-order valence-electron chi connectivity index (χ2n) is 3.87. The van der Waals surface area contributed by atoms with Crippen LogP contribution in [0.3, 0.4) is 0 Å². The number of benzene rings is 2. The maximum atomic E-state index is 12.2. The number of carbonyl (C=O) groups excluding carboxylic acids is 1. The van der Waals surface area contributed by atoms with E-state index < -0.39 is 0 Å². The lowest BCUT2D eigenvalue weighted by molar-refractivity contribution is 0.102. The average Bonchev–Trinajstić information content (AvgIpc) is 2.35. The van der Waals surface area contributed by atoms with Crippen molar-refractivity contribution in [2.45, 2.75) is 6.92 Å². The standard InChI is InChI=1S/C14H11Br2NO/c1-9-5-4-6-10(13(9)16)14(18)17-12-8-3-2-7-11(12)15/h2-8H,1H3,(H,17,18). The van der Waals surface area contributed by atoms with Gasteiger partial charge in [-0.05, 0) is 62.5 Å². The normalized spacial score (nSPS) is 10.2. The topological polar surface area (TPSA) is 29.1 Å². The van der Waals surface area contributed by atoms with Gasteiger partial charge in [-0.1, -0.05) is 24.3 Å². The molecular weight excluding hydrogens is 358 g/mol. The highest BCUT2D eigenvalue weighted by molar-refractivity contribution is 9.11. The predicted octanol–water partition coefficient (Wildman–Crippen LogP) is 4.77. The second-order valence-corrected chi connectivity index (χ2v) is 5.52. The van der Waals surface area contributed by atoms with Crippen molar-refractivity contribution in [2.24, 2.45) is 0 Å². The Labute approximate surface area is 123 Å². The van der Waals surface area contributed by atoms with Gasteiger partial charge in [0.05, 0.1) is 11.3 Å². The number of carbonyl (C=O) groups is 1. The highest BCUT2D eigenvalue weighted by Crippen LogP contribution is 2.25. The lowest BCUT2D eigenvalue weighted by Crippen LogP contribution is -2.13. The number of hydrogen-bond acceptors (Lipinski definition) is 1. The van der Waals surface area contributed by atoms with Crippen LogP contribution in [-0.4, -0.2) is 5.91 Å². The van der Waals surface area contributed by atoms with Crippen molar-refractivity contribution in [3.05, 3.63) is 62.5 Å². The molecule has 1 amide bonds. The Morgan fingerprint density at radius 2 is 1.78 bits per heavy atom. The van der Waals surface area contributed by atoms with Gasteiger partial charge < -0.3 is 5.32 Å².